The van der Waals surface area contributed by atoms with E-state index in [9.17, 15) is 22.8 Å². The van der Waals surface area contributed by atoms with Crippen LogP contribution in [0, 0.1) is 6.92 Å². The number of primary amides is 1. The van der Waals surface area contributed by atoms with Gasteiger partial charge in [0.15, 0.2) is 0 Å². The van der Waals surface area contributed by atoms with E-state index in [0.717, 1.165) is 28.5 Å². The van der Waals surface area contributed by atoms with Gasteiger partial charge in [0, 0.05) is 16.8 Å². The number of benzene rings is 7. The van der Waals surface area contributed by atoms with Crippen molar-refractivity contribution >= 4 is 38.9 Å². The van der Waals surface area contributed by atoms with E-state index in [1.54, 1.807) is 42.5 Å². The fraction of sp³-hybridized carbons (Fsp3) is 0.0213. The Kier molecular flexibility index (Phi) is 15.8. The Labute approximate surface area is 341 Å². The van der Waals surface area contributed by atoms with Crippen LogP contribution in [0.3, 0.4) is 0 Å². The van der Waals surface area contributed by atoms with E-state index in [2.05, 4.69) is 34.2 Å². The lowest BCUT2D eigenvalue weighted by Crippen LogP contribution is -2.12. The molecule has 0 saturated heterocycles. The predicted molar refractivity (Wildman–Crippen MR) is 234 cm³/mol. The number of carbonyl (C=O) groups is 2. The molecule has 0 fully saturated rings. The zero-order valence-electron chi connectivity index (χ0n) is 31.9. The topological polar surface area (TPSA) is 218 Å². The van der Waals surface area contributed by atoms with Gasteiger partial charge >= 0.3 is 0 Å². The van der Waals surface area contributed by atoms with Gasteiger partial charge in [0.25, 0.3) is 21.6 Å². The molecular formula is C47H42N4O7S. The van der Waals surface area contributed by atoms with Gasteiger partial charge in [-0.15, -0.1) is 0 Å². The van der Waals surface area contributed by atoms with Gasteiger partial charge in [-0.2, -0.15) is 8.42 Å². The molecule has 298 valence electrons. The van der Waals surface area contributed by atoms with E-state index in [1.807, 2.05) is 110 Å². The van der Waals surface area contributed by atoms with Crippen LogP contribution in [0.1, 0.15) is 26.3 Å². The fourth-order valence-corrected chi connectivity index (χ4v) is 5.97. The van der Waals surface area contributed by atoms with Gasteiger partial charge in [0.2, 0.25) is 0 Å². The second kappa shape index (κ2) is 21.1. The van der Waals surface area contributed by atoms with Crippen molar-refractivity contribution in [3.63, 3.8) is 0 Å². The first kappa shape index (κ1) is 44.2. The first-order valence-electron chi connectivity index (χ1n) is 17.9. The first-order valence-corrected chi connectivity index (χ1v) is 19.3. The van der Waals surface area contributed by atoms with Crippen LogP contribution in [0.5, 0.6) is 0 Å². The molecule has 0 aliphatic heterocycles. The monoisotopic (exact) mass is 806 g/mol. The number of hydrogen-bond acceptors (Lipinski definition) is 7. The molecule has 0 radical (unpaired) electrons. The van der Waals surface area contributed by atoms with Crippen molar-refractivity contribution in [2.45, 2.75) is 11.8 Å². The van der Waals surface area contributed by atoms with Gasteiger partial charge in [-0.25, -0.2) is 4.98 Å². The molecule has 1 amide bonds. The van der Waals surface area contributed by atoms with Crippen LogP contribution in [0.25, 0.3) is 44.5 Å². The summed E-state index contributed by atoms with van der Waals surface area (Å²) in [7, 11) is -4.02. The molecule has 12 heteroatoms. The molecule has 8 rings (SSSR count). The number of aromatic amines is 1. The zero-order valence-corrected chi connectivity index (χ0v) is 32.7. The van der Waals surface area contributed by atoms with Crippen LogP contribution >= 0.6 is 0 Å². The largest absolute Gasteiger partial charge is 0.412 e. The van der Waals surface area contributed by atoms with Gasteiger partial charge in [0.05, 0.1) is 21.4 Å². The summed E-state index contributed by atoms with van der Waals surface area (Å²) < 4.78 is 29.6. The molecule has 0 unspecified atom stereocenters. The summed E-state index contributed by atoms with van der Waals surface area (Å²) in [6, 6.07) is 56.0. The highest BCUT2D eigenvalue weighted by Gasteiger charge is 2.08. The molecule has 0 aliphatic rings. The molecule has 0 aliphatic carbocycles. The van der Waals surface area contributed by atoms with Crippen LogP contribution < -0.4 is 17.0 Å². The predicted octanol–water partition coefficient (Wildman–Crippen LogP) is 8.21. The number of amides is 1. The Morgan fingerprint density at radius 1 is 0.627 bits per heavy atom. The van der Waals surface area contributed by atoms with Crippen molar-refractivity contribution in [2.75, 3.05) is 5.73 Å². The summed E-state index contributed by atoms with van der Waals surface area (Å²) in [5.41, 5.74) is 19.0. The van der Waals surface area contributed by atoms with Crippen LogP contribution in [0.2, 0.25) is 0 Å². The van der Waals surface area contributed by atoms with E-state index < -0.39 is 16.0 Å². The maximum atomic E-state index is 12.2. The minimum absolute atomic E-state index is 0. The van der Waals surface area contributed by atoms with Gasteiger partial charge in [-0.1, -0.05) is 151 Å². The lowest BCUT2D eigenvalue weighted by molar-refractivity contribution is 0.100. The quantitative estimate of drug-likeness (QED) is 0.0727. The number of para-hydroxylation sites is 2. The molecule has 0 bridgehead atoms. The number of nitrogens with zero attached hydrogens (tertiary/aromatic N) is 1. The average Bonchev–Trinajstić information content (AvgIpc) is 3.25. The number of nitrogens with one attached hydrogen (secondary N) is 1. The van der Waals surface area contributed by atoms with E-state index >= 15 is 0 Å². The highest BCUT2D eigenvalue weighted by Crippen LogP contribution is 2.23. The third-order valence-corrected chi connectivity index (χ3v) is 9.45. The number of nitrogen functional groups attached to an aromatic ring is 1. The number of fused-ring (bicyclic) bond motifs is 1. The average molecular weight is 807 g/mol. The molecular weight excluding hydrogens is 765 g/mol. The van der Waals surface area contributed by atoms with Crippen LogP contribution in [0.15, 0.2) is 192 Å². The number of nitrogens with two attached hydrogens (primary N) is 2. The number of aryl methyl sites for hydroxylation is 1. The minimum Gasteiger partial charge on any atom is -0.412 e. The normalized spacial score (nSPS) is 10.2. The molecule has 0 atom stereocenters. The summed E-state index contributed by atoms with van der Waals surface area (Å²) in [6.07, 6.45) is 0.856. The molecule has 0 saturated carbocycles. The standard InChI is InChI=1S/C20H14N2O.C13H10O.C7H8N2O.C7H8O3S.H2O/c23-20-17-8-4-5-9-18(17)21-19(22-20)16-12-10-15(11-13-16)14-6-2-1-3-7-14;14-10-11-6-8-13(9-7-11)12-4-2-1-3-5-12;8-6-4-2-1-3-5(6)7(9)10;1-6-2-4-7(5-3-6)11(8,9)10;/h1-13H,(H,21,22,23);1-10H;1-4H,8H2,(H2,9,10);2-5H,1H3,(H,8,9,10);1H2. The van der Waals surface area contributed by atoms with Crippen molar-refractivity contribution in [1.29, 1.82) is 0 Å². The Morgan fingerprint density at radius 3 is 1.58 bits per heavy atom. The van der Waals surface area contributed by atoms with E-state index in [1.165, 1.54) is 23.3 Å². The Bertz CT molecular complexity index is 2760. The lowest BCUT2D eigenvalue weighted by atomic mass is 10.0. The number of carbonyl (C=O) groups excluding carboxylic acids is 2. The van der Waals surface area contributed by atoms with Crippen molar-refractivity contribution in [3.8, 4) is 33.6 Å². The Morgan fingerprint density at radius 2 is 1.08 bits per heavy atom. The number of H-pyrrole nitrogens is 1. The highest BCUT2D eigenvalue weighted by atomic mass is 32.2. The third-order valence-electron chi connectivity index (χ3n) is 8.58. The second-order valence-corrected chi connectivity index (χ2v) is 14.1. The zero-order chi connectivity index (χ0) is 41.5. The van der Waals surface area contributed by atoms with Crippen molar-refractivity contribution in [3.05, 3.63) is 209 Å². The van der Waals surface area contributed by atoms with Crippen LogP contribution in [-0.2, 0) is 10.1 Å². The maximum Gasteiger partial charge on any atom is 0.294 e. The molecule has 11 nitrogen and oxygen atoms in total. The van der Waals surface area contributed by atoms with E-state index in [4.69, 9.17) is 16.0 Å². The molecule has 8 N–H and O–H groups in total. The summed E-state index contributed by atoms with van der Waals surface area (Å²) in [5, 5.41) is 0.608. The number of aldehydes is 1. The Hall–Kier alpha value is -7.51. The lowest BCUT2D eigenvalue weighted by Gasteiger charge is -2.05. The molecule has 59 heavy (non-hydrogen) atoms. The molecule has 0 spiro atoms. The molecule has 1 heterocycles. The van der Waals surface area contributed by atoms with Gasteiger partial charge in [-0.05, 0) is 65.6 Å². The number of rotatable bonds is 6. The molecule has 7 aromatic carbocycles. The van der Waals surface area contributed by atoms with E-state index in [0.29, 0.717) is 33.5 Å². The van der Waals surface area contributed by atoms with Crippen LogP contribution in [-0.4, -0.2) is 40.6 Å². The Balaban J connectivity index is 0.000000185. The molecule has 8 aromatic rings. The van der Waals surface area contributed by atoms with Crippen molar-refractivity contribution in [2.24, 2.45) is 5.73 Å². The first-order chi connectivity index (χ1) is 27.9. The summed E-state index contributed by atoms with van der Waals surface area (Å²) >= 11 is 0. The van der Waals surface area contributed by atoms with Crippen LogP contribution in [0.4, 0.5) is 5.69 Å². The summed E-state index contributed by atoms with van der Waals surface area (Å²) in [5.74, 6) is 0.103. The smallest absolute Gasteiger partial charge is 0.294 e. The highest BCUT2D eigenvalue weighted by molar-refractivity contribution is 7.85. The van der Waals surface area contributed by atoms with Gasteiger partial charge in [-0.3, -0.25) is 18.9 Å². The minimum atomic E-state index is -4.02. The SMILES string of the molecule is Cc1ccc(S(=O)(=O)O)cc1.NC(=O)c1ccccc1N.O.O=Cc1ccc(-c2ccccc2)cc1.O=c1[nH]c(-c2ccc(-c3ccccc3)cc2)nc2ccccc12. The molecule has 1 aromatic heterocycles. The van der Waals surface area contributed by atoms with Crippen molar-refractivity contribution < 1.29 is 28.0 Å². The third kappa shape index (κ3) is 12.8. The summed E-state index contributed by atoms with van der Waals surface area (Å²) in [6.45, 7) is 1.84. The number of aromatic nitrogens is 2. The fourth-order valence-electron chi connectivity index (χ4n) is 5.49. The summed E-state index contributed by atoms with van der Waals surface area (Å²) in [4.78, 5) is 40.5. The second-order valence-electron chi connectivity index (χ2n) is 12.7. The number of anilines is 1. The van der Waals surface area contributed by atoms with Crippen molar-refractivity contribution in [1.82, 2.24) is 9.97 Å². The maximum absolute atomic E-state index is 12.2. The van der Waals surface area contributed by atoms with Gasteiger partial charge < -0.3 is 21.9 Å². The number of hydrogen-bond donors (Lipinski definition) is 4. The van der Waals surface area contributed by atoms with E-state index in [-0.39, 0.29) is 15.9 Å². The van der Waals surface area contributed by atoms with Gasteiger partial charge in [0.1, 0.15) is 12.1 Å².